The monoisotopic (exact) mass is 653 g/mol. The van der Waals surface area contributed by atoms with E-state index >= 15 is 4.39 Å². The molecule has 0 amide bonds. The summed E-state index contributed by atoms with van der Waals surface area (Å²) in [6.07, 6.45) is 18.6. The number of hydrogen-bond acceptors (Lipinski definition) is 2. The van der Waals surface area contributed by atoms with Crippen LogP contribution in [0, 0.1) is 17.6 Å². The number of aryl methyl sites for hydroxylation is 1. The van der Waals surface area contributed by atoms with Gasteiger partial charge in [-0.1, -0.05) is 93.0 Å². The van der Waals surface area contributed by atoms with E-state index in [9.17, 15) is 4.39 Å². The molecule has 0 aromatic heterocycles. The zero-order chi connectivity index (χ0) is 33.9. The van der Waals surface area contributed by atoms with Gasteiger partial charge in [0, 0.05) is 48.8 Å². The fourth-order valence-electron chi connectivity index (χ4n) is 6.17. The largest absolute Gasteiger partial charge is 0.381 e. The molecule has 46 heavy (non-hydrogen) atoms. The molecular weight excluding hydrogens is 591 g/mol. The lowest BCUT2D eigenvalue weighted by atomic mass is 9.87. The second kappa shape index (κ2) is 22.3. The molecule has 0 saturated heterocycles. The maximum absolute atomic E-state index is 15.7. The zero-order valence-corrected chi connectivity index (χ0v) is 30.9. The van der Waals surface area contributed by atoms with E-state index in [4.69, 9.17) is 4.74 Å². The average molecular weight is 654 g/mol. The highest BCUT2D eigenvalue weighted by atomic mass is 31.1. The average Bonchev–Trinajstić information content (AvgIpc) is 3.05. The Morgan fingerprint density at radius 1 is 0.957 bits per heavy atom. The highest BCUT2D eigenvalue weighted by Crippen LogP contribution is 2.35. The maximum atomic E-state index is 15.7. The molecule has 256 valence electrons. The van der Waals surface area contributed by atoms with Gasteiger partial charge in [-0.2, -0.15) is 0 Å². The van der Waals surface area contributed by atoms with Crippen molar-refractivity contribution in [1.82, 2.24) is 4.90 Å². The van der Waals surface area contributed by atoms with Crippen molar-refractivity contribution >= 4 is 19.6 Å². The Balaban J connectivity index is 2.50. The first kappa shape index (κ1) is 39.9. The molecule has 0 spiro atoms. The van der Waals surface area contributed by atoms with Crippen molar-refractivity contribution in [2.75, 3.05) is 20.3 Å². The summed E-state index contributed by atoms with van der Waals surface area (Å²) in [6, 6.07) is 11.1. The van der Waals surface area contributed by atoms with Gasteiger partial charge in [-0.3, -0.25) is 0 Å². The van der Waals surface area contributed by atoms with Crippen LogP contribution >= 0.6 is 8.58 Å². The van der Waals surface area contributed by atoms with Crippen LogP contribution in [-0.2, 0) is 11.2 Å². The molecule has 2 aromatic carbocycles. The van der Waals surface area contributed by atoms with Crippen molar-refractivity contribution < 1.29 is 13.5 Å². The van der Waals surface area contributed by atoms with Crippen LogP contribution in [0.5, 0.6) is 0 Å². The van der Waals surface area contributed by atoms with Gasteiger partial charge in [-0.05, 0) is 105 Å². The van der Waals surface area contributed by atoms with Gasteiger partial charge in [-0.15, -0.1) is 6.58 Å². The van der Waals surface area contributed by atoms with Crippen LogP contribution in [0.3, 0.4) is 0 Å². The maximum Gasteiger partial charge on any atom is 0.130 e. The third-order valence-electron chi connectivity index (χ3n) is 8.97. The van der Waals surface area contributed by atoms with Crippen LogP contribution < -0.4 is 5.30 Å². The molecule has 0 fully saturated rings. The van der Waals surface area contributed by atoms with E-state index in [0.717, 1.165) is 99.4 Å². The summed E-state index contributed by atoms with van der Waals surface area (Å²) in [7, 11) is 2.60. The smallest absolute Gasteiger partial charge is 0.130 e. The molecular formula is C41H62F2NOP. The first-order valence-electron chi connectivity index (χ1n) is 17.8. The van der Waals surface area contributed by atoms with E-state index in [0.29, 0.717) is 20.2 Å². The molecule has 0 bridgehead atoms. The summed E-state index contributed by atoms with van der Waals surface area (Å²) in [5, 5.41) is 0.826. The van der Waals surface area contributed by atoms with Crippen molar-refractivity contribution in [2.45, 2.75) is 123 Å². The molecule has 0 aliphatic rings. The Morgan fingerprint density at radius 2 is 1.70 bits per heavy atom. The summed E-state index contributed by atoms with van der Waals surface area (Å²) in [6.45, 7) is 18.6. The first-order valence-corrected chi connectivity index (χ1v) is 18.9. The van der Waals surface area contributed by atoms with E-state index in [1.54, 1.807) is 12.1 Å². The van der Waals surface area contributed by atoms with E-state index in [1.165, 1.54) is 5.70 Å². The Morgan fingerprint density at radius 3 is 2.33 bits per heavy atom. The summed E-state index contributed by atoms with van der Waals surface area (Å²) in [5.41, 5.74) is 4.92. The number of likely N-dealkylation sites (N-methyl/N-ethyl adjacent to an activating group) is 1. The van der Waals surface area contributed by atoms with Crippen molar-refractivity contribution in [1.29, 1.82) is 0 Å². The Bertz CT molecular complexity index is 1210. The molecule has 5 atom stereocenters. The van der Waals surface area contributed by atoms with Crippen molar-refractivity contribution in [3.8, 4) is 0 Å². The molecule has 0 aliphatic heterocycles. The number of hydrogen-bond donors (Lipinski definition) is 0. The molecule has 2 nitrogen and oxygen atoms in total. The quantitative estimate of drug-likeness (QED) is 0.0672. The van der Waals surface area contributed by atoms with Crippen LogP contribution in [-0.4, -0.2) is 36.9 Å². The Labute approximate surface area is 282 Å². The number of ether oxygens (including phenoxy) is 1. The van der Waals surface area contributed by atoms with Crippen molar-refractivity contribution in [3.05, 3.63) is 95.6 Å². The van der Waals surface area contributed by atoms with E-state index in [2.05, 4.69) is 84.4 Å². The van der Waals surface area contributed by atoms with Crippen LogP contribution in [0.4, 0.5) is 8.78 Å². The number of nitrogens with zero attached hydrogens (tertiary/aromatic N) is 1. The lowest BCUT2D eigenvalue weighted by Crippen LogP contribution is -2.35. The van der Waals surface area contributed by atoms with Gasteiger partial charge in [0.05, 0.1) is 0 Å². The number of rotatable bonds is 23. The van der Waals surface area contributed by atoms with Crippen molar-refractivity contribution in [3.63, 3.8) is 0 Å². The molecule has 5 heteroatoms. The normalized spacial score (nSPS) is 15.0. The minimum Gasteiger partial charge on any atom is -0.381 e. The van der Waals surface area contributed by atoms with Gasteiger partial charge in [-0.25, -0.2) is 8.78 Å². The minimum atomic E-state index is -0.213. The van der Waals surface area contributed by atoms with Crippen LogP contribution in [0.15, 0.2) is 67.3 Å². The summed E-state index contributed by atoms with van der Waals surface area (Å²) >= 11 is 0. The standard InChI is InChI=1S/C41H62F2NOP/c1-9-14-19-31(6)20-15-16-21-39(32(7)33-22-24-35(42)25-23-33)44(8)40(18-11-3)37-30-41(38(43)29-34(37)17-10-2)46-36(13-5)26-28-45-27-12-4/h9,15,18,20,22-25,29-32,36,39,46H,1,10-14,16-17,19,21,26-28H2,2-8H3/b20-15-,40-18+. The lowest BCUT2D eigenvalue weighted by molar-refractivity contribution is 0.132. The van der Waals surface area contributed by atoms with Gasteiger partial charge < -0.3 is 9.64 Å². The van der Waals surface area contributed by atoms with Gasteiger partial charge >= 0.3 is 0 Å². The van der Waals surface area contributed by atoms with Crippen LogP contribution in [0.2, 0.25) is 0 Å². The van der Waals surface area contributed by atoms with Gasteiger partial charge in [0.15, 0.2) is 0 Å². The van der Waals surface area contributed by atoms with E-state index in [1.807, 2.05) is 24.3 Å². The first-order chi connectivity index (χ1) is 22.2. The molecule has 0 radical (unpaired) electrons. The highest BCUT2D eigenvalue weighted by molar-refractivity contribution is 7.48. The molecule has 5 unspecified atom stereocenters. The molecule has 2 aromatic rings. The Kier molecular flexibility index (Phi) is 19.3. The molecule has 0 aliphatic carbocycles. The number of halogens is 2. The predicted molar refractivity (Wildman–Crippen MR) is 200 cm³/mol. The number of allylic oxidation sites excluding steroid dienone is 4. The van der Waals surface area contributed by atoms with Gasteiger partial charge in [0.25, 0.3) is 0 Å². The summed E-state index contributed by atoms with van der Waals surface area (Å²) in [5.74, 6) is 0.389. The molecule has 0 N–H and O–H groups in total. The van der Waals surface area contributed by atoms with Crippen molar-refractivity contribution in [2.24, 2.45) is 5.92 Å². The van der Waals surface area contributed by atoms with Gasteiger partial charge in [0.1, 0.15) is 11.6 Å². The fourth-order valence-corrected chi connectivity index (χ4v) is 7.51. The van der Waals surface area contributed by atoms with E-state index in [-0.39, 0.29) is 23.6 Å². The topological polar surface area (TPSA) is 12.5 Å². The second-order valence-electron chi connectivity index (χ2n) is 12.8. The SMILES string of the molecule is C=CCCC(C)/C=C\CCC(C(C)c1ccc(F)cc1)N(C)/C(=C/CC)c1cc(PC(CC)CCOCCC)c(F)cc1CCC. The minimum absolute atomic E-state index is 0.0797. The highest BCUT2D eigenvalue weighted by Gasteiger charge is 2.27. The fraction of sp³-hybridized carbons (Fsp3) is 0.561. The summed E-state index contributed by atoms with van der Waals surface area (Å²) < 4.78 is 35.4. The van der Waals surface area contributed by atoms with Crippen LogP contribution in [0.1, 0.15) is 122 Å². The third kappa shape index (κ3) is 13.1. The molecule has 0 heterocycles. The second-order valence-corrected chi connectivity index (χ2v) is 14.4. The third-order valence-corrected chi connectivity index (χ3v) is 10.8. The zero-order valence-electron chi connectivity index (χ0n) is 29.9. The van der Waals surface area contributed by atoms with Crippen LogP contribution in [0.25, 0.3) is 5.70 Å². The summed E-state index contributed by atoms with van der Waals surface area (Å²) in [4.78, 5) is 2.43. The lowest BCUT2D eigenvalue weighted by Gasteiger charge is -2.37. The molecule has 2 rings (SSSR count). The van der Waals surface area contributed by atoms with E-state index < -0.39 is 0 Å². The number of benzene rings is 2. The van der Waals surface area contributed by atoms with Gasteiger partial charge in [0.2, 0.25) is 0 Å². The predicted octanol–water partition coefficient (Wildman–Crippen LogP) is 11.6. The molecule has 0 saturated carbocycles. The Hall–Kier alpha value is -2.29.